The summed E-state index contributed by atoms with van der Waals surface area (Å²) in [5.74, 6) is 0.141. The molecule has 10 heteroatoms. The van der Waals surface area contributed by atoms with Gasteiger partial charge in [0.25, 0.3) is 5.91 Å². The van der Waals surface area contributed by atoms with Crippen molar-refractivity contribution in [2.24, 2.45) is 5.92 Å². The molecule has 2 amide bonds. The summed E-state index contributed by atoms with van der Waals surface area (Å²) in [5, 5.41) is 10.4. The molecule has 0 saturated carbocycles. The van der Waals surface area contributed by atoms with Gasteiger partial charge in [0.2, 0.25) is 11.8 Å². The molecule has 33 heavy (non-hydrogen) atoms. The number of hydrogen-bond acceptors (Lipinski definition) is 6. The van der Waals surface area contributed by atoms with Gasteiger partial charge < -0.3 is 15.0 Å². The summed E-state index contributed by atoms with van der Waals surface area (Å²) >= 11 is 6.24. The van der Waals surface area contributed by atoms with Crippen molar-refractivity contribution in [2.75, 3.05) is 20.2 Å². The number of H-pyrrole nitrogens is 1. The second-order valence-electron chi connectivity index (χ2n) is 7.96. The predicted octanol–water partition coefficient (Wildman–Crippen LogP) is 3.01. The van der Waals surface area contributed by atoms with Crippen molar-refractivity contribution in [3.63, 3.8) is 0 Å². The first-order chi connectivity index (χ1) is 16.0. The van der Waals surface area contributed by atoms with Crippen molar-refractivity contribution in [3.05, 3.63) is 58.6 Å². The third-order valence-corrected chi connectivity index (χ3v) is 6.18. The van der Waals surface area contributed by atoms with Crippen LogP contribution in [0.25, 0.3) is 11.3 Å². The molecule has 2 N–H and O–H groups in total. The Kier molecular flexibility index (Phi) is 6.88. The van der Waals surface area contributed by atoms with E-state index in [2.05, 4.69) is 25.5 Å². The van der Waals surface area contributed by atoms with Crippen LogP contribution >= 0.6 is 11.6 Å². The van der Waals surface area contributed by atoms with Gasteiger partial charge in [0.05, 0.1) is 24.0 Å². The molecule has 172 valence electrons. The van der Waals surface area contributed by atoms with E-state index in [-0.39, 0.29) is 17.7 Å². The third kappa shape index (κ3) is 5.14. The van der Waals surface area contributed by atoms with E-state index in [9.17, 15) is 9.59 Å². The zero-order valence-corrected chi connectivity index (χ0v) is 19.2. The first-order valence-electron chi connectivity index (χ1n) is 10.7. The fourth-order valence-corrected chi connectivity index (χ4v) is 4.02. The van der Waals surface area contributed by atoms with E-state index in [0.29, 0.717) is 60.3 Å². The molecule has 0 spiro atoms. The van der Waals surface area contributed by atoms with Crippen LogP contribution in [0.5, 0.6) is 5.88 Å². The number of carbonyl (C=O) groups is 2. The lowest BCUT2D eigenvalue weighted by atomic mass is 9.95. The fourth-order valence-electron chi connectivity index (χ4n) is 3.82. The number of methoxy groups -OCH3 is 1. The van der Waals surface area contributed by atoms with Crippen LogP contribution in [-0.2, 0) is 11.3 Å². The molecule has 1 aliphatic rings. The van der Waals surface area contributed by atoms with Gasteiger partial charge in [0.1, 0.15) is 5.69 Å². The minimum Gasteiger partial charge on any atom is -0.481 e. The van der Waals surface area contributed by atoms with E-state index in [1.165, 1.54) is 13.3 Å². The summed E-state index contributed by atoms with van der Waals surface area (Å²) in [6.45, 7) is 3.45. The van der Waals surface area contributed by atoms with Crippen LogP contribution in [0.15, 0.2) is 36.8 Å². The smallest absolute Gasteiger partial charge is 0.271 e. The molecular formula is C23H25ClN6O3. The number of piperidine rings is 1. The second-order valence-corrected chi connectivity index (χ2v) is 8.37. The largest absolute Gasteiger partial charge is 0.481 e. The van der Waals surface area contributed by atoms with Gasteiger partial charge in [-0.3, -0.25) is 19.7 Å². The number of carbonyl (C=O) groups excluding carboxylic acids is 2. The van der Waals surface area contributed by atoms with Gasteiger partial charge in [-0.15, -0.1) is 0 Å². The van der Waals surface area contributed by atoms with Crippen molar-refractivity contribution < 1.29 is 14.3 Å². The Bertz CT molecular complexity index is 1160. The first-order valence-corrected chi connectivity index (χ1v) is 11.1. The molecule has 1 fully saturated rings. The molecule has 0 bridgehead atoms. The molecule has 4 rings (SSSR count). The molecule has 0 unspecified atom stereocenters. The highest BCUT2D eigenvalue weighted by Crippen LogP contribution is 2.29. The van der Waals surface area contributed by atoms with Crippen molar-refractivity contribution in [1.29, 1.82) is 0 Å². The van der Waals surface area contributed by atoms with Crippen LogP contribution in [0.2, 0.25) is 5.02 Å². The van der Waals surface area contributed by atoms with Crippen molar-refractivity contribution in [1.82, 2.24) is 30.4 Å². The monoisotopic (exact) mass is 468 g/mol. The van der Waals surface area contributed by atoms with Gasteiger partial charge in [-0.25, -0.2) is 4.98 Å². The molecule has 9 nitrogen and oxygen atoms in total. The standard InChI is InChI=1S/C23H25ClN6O3/c1-14-3-6-25-11-16(14)12-27-22(31)15-4-7-30(8-5-15)23(32)20-10-19(28-29-20)17-9-21(33-2)26-13-18(17)24/h3,6,9-11,13,15H,4-5,7-8,12H2,1-2H3,(H,27,31)(H,28,29). The minimum atomic E-state index is -0.157. The number of hydrogen-bond donors (Lipinski definition) is 2. The van der Waals surface area contributed by atoms with E-state index in [1.54, 1.807) is 29.4 Å². The highest BCUT2D eigenvalue weighted by Gasteiger charge is 2.28. The average molecular weight is 469 g/mol. The number of likely N-dealkylation sites (tertiary alicyclic amines) is 1. The van der Waals surface area contributed by atoms with Crippen LogP contribution in [-0.4, -0.2) is 57.1 Å². The SMILES string of the molecule is COc1cc(-c2cc(C(=O)N3CCC(C(=O)NCc4cnccc4C)CC3)[nH]n2)c(Cl)cn1. The Morgan fingerprint density at radius 2 is 2.06 bits per heavy atom. The Hall–Kier alpha value is -3.46. The molecule has 4 heterocycles. The van der Waals surface area contributed by atoms with E-state index < -0.39 is 0 Å². The number of aryl methyl sites for hydroxylation is 1. The third-order valence-electron chi connectivity index (χ3n) is 5.88. The molecule has 3 aromatic rings. The number of rotatable bonds is 6. The Morgan fingerprint density at radius 3 is 2.79 bits per heavy atom. The lowest BCUT2D eigenvalue weighted by Crippen LogP contribution is -2.43. The normalized spacial score (nSPS) is 14.2. The summed E-state index contributed by atoms with van der Waals surface area (Å²) in [5.41, 5.74) is 3.62. The summed E-state index contributed by atoms with van der Waals surface area (Å²) in [4.78, 5) is 35.4. The van der Waals surface area contributed by atoms with Crippen LogP contribution in [0.1, 0.15) is 34.5 Å². The molecule has 1 aliphatic heterocycles. The Labute approximate surface area is 196 Å². The van der Waals surface area contributed by atoms with Crippen molar-refractivity contribution in [3.8, 4) is 17.1 Å². The highest BCUT2D eigenvalue weighted by atomic mass is 35.5. The quantitative estimate of drug-likeness (QED) is 0.575. The average Bonchev–Trinajstić information content (AvgIpc) is 3.33. The molecule has 0 aliphatic carbocycles. The molecule has 0 atom stereocenters. The number of nitrogens with one attached hydrogen (secondary N) is 2. The van der Waals surface area contributed by atoms with Crippen LogP contribution in [0, 0.1) is 12.8 Å². The number of pyridine rings is 2. The number of aromatic nitrogens is 4. The summed E-state index contributed by atoms with van der Waals surface area (Å²) in [6.07, 6.45) is 6.20. The van der Waals surface area contributed by atoms with Crippen molar-refractivity contribution >= 4 is 23.4 Å². The summed E-state index contributed by atoms with van der Waals surface area (Å²) in [7, 11) is 1.52. The second kappa shape index (κ2) is 9.99. The van der Waals surface area contributed by atoms with Gasteiger partial charge in [-0.2, -0.15) is 5.10 Å². The minimum absolute atomic E-state index is 0.00968. The van der Waals surface area contributed by atoms with Gasteiger partial charge >= 0.3 is 0 Å². The van der Waals surface area contributed by atoms with E-state index in [1.807, 2.05) is 13.0 Å². The Morgan fingerprint density at radius 1 is 1.27 bits per heavy atom. The molecule has 0 aromatic carbocycles. The Balaban J connectivity index is 1.33. The molecular weight excluding hydrogens is 444 g/mol. The topological polar surface area (TPSA) is 113 Å². The maximum Gasteiger partial charge on any atom is 0.271 e. The maximum absolute atomic E-state index is 13.0. The van der Waals surface area contributed by atoms with Gasteiger partial charge in [0, 0.05) is 49.6 Å². The molecule has 0 radical (unpaired) electrons. The number of amides is 2. The lowest BCUT2D eigenvalue weighted by molar-refractivity contribution is -0.126. The van der Waals surface area contributed by atoms with Crippen LogP contribution in [0.4, 0.5) is 0 Å². The number of ether oxygens (including phenoxy) is 1. The van der Waals surface area contributed by atoms with Gasteiger partial charge in [0.15, 0.2) is 0 Å². The predicted molar refractivity (Wildman–Crippen MR) is 123 cm³/mol. The summed E-state index contributed by atoms with van der Waals surface area (Å²) in [6, 6.07) is 5.26. The van der Waals surface area contributed by atoms with E-state index in [4.69, 9.17) is 16.3 Å². The zero-order valence-electron chi connectivity index (χ0n) is 18.5. The lowest BCUT2D eigenvalue weighted by Gasteiger charge is -2.31. The van der Waals surface area contributed by atoms with Crippen molar-refractivity contribution in [2.45, 2.75) is 26.3 Å². The molecule has 1 saturated heterocycles. The number of nitrogens with zero attached hydrogens (tertiary/aromatic N) is 4. The van der Waals surface area contributed by atoms with Gasteiger partial charge in [-0.05, 0) is 43.0 Å². The zero-order chi connectivity index (χ0) is 23.4. The fraction of sp³-hybridized carbons (Fsp3) is 0.348. The van der Waals surface area contributed by atoms with Gasteiger partial charge in [-0.1, -0.05) is 11.6 Å². The highest BCUT2D eigenvalue weighted by molar-refractivity contribution is 6.33. The summed E-state index contributed by atoms with van der Waals surface area (Å²) < 4.78 is 5.14. The number of halogens is 1. The van der Waals surface area contributed by atoms with Crippen LogP contribution in [0.3, 0.4) is 0 Å². The van der Waals surface area contributed by atoms with Crippen LogP contribution < -0.4 is 10.1 Å². The first kappa shape index (κ1) is 22.7. The molecule has 3 aromatic heterocycles. The number of aromatic amines is 1. The van der Waals surface area contributed by atoms with E-state index in [0.717, 1.165) is 11.1 Å². The maximum atomic E-state index is 13.0. The van der Waals surface area contributed by atoms with E-state index >= 15 is 0 Å².